The van der Waals surface area contributed by atoms with Crippen LogP contribution < -0.4 is 4.72 Å². The molecule has 0 fully saturated rings. The van der Waals surface area contributed by atoms with E-state index in [1.54, 1.807) is 12.1 Å². The smallest absolute Gasteiger partial charge is 0.242 e. The quantitative estimate of drug-likeness (QED) is 0.734. The van der Waals surface area contributed by atoms with Crippen molar-refractivity contribution in [2.75, 3.05) is 0 Å². The Bertz CT molecular complexity index is 956. The van der Waals surface area contributed by atoms with Gasteiger partial charge in [0.15, 0.2) is 0 Å². The van der Waals surface area contributed by atoms with Crippen LogP contribution in [0.3, 0.4) is 0 Å². The zero-order valence-electron chi connectivity index (χ0n) is 12.7. The number of rotatable bonds is 5. The van der Waals surface area contributed by atoms with Crippen LogP contribution in [0, 0.1) is 6.92 Å². The van der Waals surface area contributed by atoms with Gasteiger partial charge in [-0.1, -0.05) is 29.8 Å². The summed E-state index contributed by atoms with van der Waals surface area (Å²) in [4.78, 5) is 9.32. The van der Waals surface area contributed by atoms with Gasteiger partial charge in [0.25, 0.3) is 0 Å². The molecule has 0 amide bonds. The highest BCUT2D eigenvalue weighted by Gasteiger charge is 2.17. The van der Waals surface area contributed by atoms with E-state index in [1.807, 2.05) is 25.1 Å². The van der Waals surface area contributed by atoms with Crippen molar-refractivity contribution in [3.05, 3.63) is 64.4 Å². The first-order chi connectivity index (χ1) is 11.5. The van der Waals surface area contributed by atoms with Crippen molar-refractivity contribution in [1.29, 1.82) is 0 Å². The molecule has 2 aromatic heterocycles. The number of nitrogens with one attached hydrogen (secondary N) is 1. The molecule has 0 aliphatic rings. The summed E-state index contributed by atoms with van der Waals surface area (Å²) < 4.78 is 27.1. The van der Waals surface area contributed by atoms with Crippen LogP contribution in [-0.4, -0.2) is 18.4 Å². The molecule has 24 heavy (non-hydrogen) atoms. The van der Waals surface area contributed by atoms with Gasteiger partial charge in [-0.2, -0.15) is 0 Å². The minimum atomic E-state index is -3.60. The molecule has 0 aliphatic heterocycles. The first-order valence-corrected chi connectivity index (χ1v) is 9.76. The number of sulfonamides is 1. The highest BCUT2D eigenvalue weighted by atomic mass is 35.5. The third kappa shape index (κ3) is 3.64. The standard InChI is InChI=1S/C16H14ClN3O2S2/c1-11-15(10-19-24(21,22)12-5-4-8-18-9-12)23-16(20-11)13-6-2-3-7-14(13)17/h2-9,19H,10H2,1H3. The van der Waals surface area contributed by atoms with Gasteiger partial charge in [-0.25, -0.2) is 18.1 Å². The number of halogens is 1. The summed E-state index contributed by atoms with van der Waals surface area (Å²) in [5, 5.41) is 1.39. The average Bonchev–Trinajstić information content (AvgIpc) is 2.95. The van der Waals surface area contributed by atoms with E-state index in [9.17, 15) is 8.42 Å². The van der Waals surface area contributed by atoms with E-state index in [0.717, 1.165) is 21.1 Å². The topological polar surface area (TPSA) is 72.0 Å². The summed E-state index contributed by atoms with van der Waals surface area (Å²) in [7, 11) is -3.60. The molecule has 0 unspecified atom stereocenters. The molecule has 1 N–H and O–H groups in total. The number of hydrogen-bond acceptors (Lipinski definition) is 5. The number of benzene rings is 1. The molecule has 3 aromatic rings. The van der Waals surface area contributed by atoms with Crippen LogP contribution in [-0.2, 0) is 16.6 Å². The zero-order valence-corrected chi connectivity index (χ0v) is 15.1. The maximum absolute atomic E-state index is 12.3. The number of nitrogens with zero attached hydrogens (tertiary/aromatic N) is 2. The van der Waals surface area contributed by atoms with Gasteiger partial charge >= 0.3 is 0 Å². The fourth-order valence-corrected chi connectivity index (χ4v) is 4.46. The molecule has 0 saturated heterocycles. The van der Waals surface area contributed by atoms with Crippen LogP contribution in [0.25, 0.3) is 10.6 Å². The van der Waals surface area contributed by atoms with Crippen molar-refractivity contribution in [2.45, 2.75) is 18.4 Å². The summed E-state index contributed by atoms with van der Waals surface area (Å²) >= 11 is 7.62. The van der Waals surface area contributed by atoms with E-state index in [1.165, 1.54) is 29.8 Å². The summed E-state index contributed by atoms with van der Waals surface area (Å²) in [6.07, 6.45) is 2.85. The van der Waals surface area contributed by atoms with Gasteiger partial charge in [-0.15, -0.1) is 11.3 Å². The lowest BCUT2D eigenvalue weighted by Gasteiger charge is -2.05. The molecule has 0 saturated carbocycles. The number of thiazole rings is 1. The van der Waals surface area contributed by atoms with E-state index in [4.69, 9.17) is 11.6 Å². The largest absolute Gasteiger partial charge is 0.263 e. The van der Waals surface area contributed by atoms with E-state index in [2.05, 4.69) is 14.7 Å². The zero-order chi connectivity index (χ0) is 17.2. The molecular formula is C16H14ClN3O2S2. The lowest BCUT2D eigenvalue weighted by atomic mass is 10.2. The van der Waals surface area contributed by atoms with Crippen LogP contribution in [0.15, 0.2) is 53.7 Å². The molecule has 5 nitrogen and oxygen atoms in total. The molecule has 0 spiro atoms. The van der Waals surface area contributed by atoms with Crippen LogP contribution in [0.2, 0.25) is 5.02 Å². The molecule has 0 aliphatic carbocycles. The van der Waals surface area contributed by atoms with Crippen molar-refractivity contribution < 1.29 is 8.42 Å². The van der Waals surface area contributed by atoms with E-state index in [0.29, 0.717) is 5.02 Å². The Morgan fingerprint density at radius 3 is 2.71 bits per heavy atom. The molecule has 3 rings (SSSR count). The number of aryl methyl sites for hydroxylation is 1. The summed E-state index contributed by atoms with van der Waals surface area (Å²) in [6.45, 7) is 2.02. The van der Waals surface area contributed by atoms with Crippen molar-refractivity contribution in [1.82, 2.24) is 14.7 Å². The average molecular weight is 380 g/mol. The van der Waals surface area contributed by atoms with Crippen molar-refractivity contribution >= 4 is 33.0 Å². The molecule has 8 heteroatoms. The van der Waals surface area contributed by atoms with Crippen molar-refractivity contribution in [3.63, 3.8) is 0 Å². The van der Waals surface area contributed by atoms with Gasteiger partial charge in [0.05, 0.1) is 10.7 Å². The predicted octanol–water partition coefficient (Wildman–Crippen LogP) is 3.65. The minimum absolute atomic E-state index is 0.137. The lowest BCUT2D eigenvalue weighted by molar-refractivity contribution is 0.581. The minimum Gasteiger partial charge on any atom is -0.263 e. The van der Waals surface area contributed by atoms with Gasteiger partial charge in [-0.05, 0) is 25.1 Å². The molecular weight excluding hydrogens is 366 g/mol. The summed E-state index contributed by atoms with van der Waals surface area (Å²) in [5.41, 5.74) is 1.62. The SMILES string of the molecule is Cc1nc(-c2ccccc2Cl)sc1CNS(=O)(=O)c1cccnc1. The first kappa shape index (κ1) is 17.0. The fraction of sp³-hybridized carbons (Fsp3) is 0.125. The Kier molecular flexibility index (Phi) is 4.96. The molecule has 2 heterocycles. The first-order valence-electron chi connectivity index (χ1n) is 7.08. The molecule has 124 valence electrons. The third-order valence-electron chi connectivity index (χ3n) is 3.36. The predicted molar refractivity (Wildman–Crippen MR) is 95.6 cm³/mol. The Labute approximate surface area is 149 Å². The molecule has 0 radical (unpaired) electrons. The van der Waals surface area contributed by atoms with E-state index in [-0.39, 0.29) is 11.4 Å². The van der Waals surface area contributed by atoms with Crippen LogP contribution in [0.1, 0.15) is 10.6 Å². The fourth-order valence-electron chi connectivity index (χ4n) is 2.09. The summed E-state index contributed by atoms with van der Waals surface area (Å²) in [5.74, 6) is 0. The van der Waals surface area contributed by atoms with Crippen LogP contribution in [0.5, 0.6) is 0 Å². The number of pyridine rings is 1. The molecule has 1 aromatic carbocycles. The van der Waals surface area contributed by atoms with E-state index < -0.39 is 10.0 Å². The van der Waals surface area contributed by atoms with Gasteiger partial charge in [0.1, 0.15) is 9.90 Å². The Hall–Kier alpha value is -1.80. The molecule has 0 atom stereocenters. The van der Waals surface area contributed by atoms with Crippen LogP contribution in [0.4, 0.5) is 0 Å². The molecule has 0 bridgehead atoms. The second-order valence-corrected chi connectivity index (χ2v) is 8.28. The second-order valence-electron chi connectivity index (χ2n) is 5.02. The third-order valence-corrected chi connectivity index (χ3v) is 6.27. The Morgan fingerprint density at radius 1 is 1.21 bits per heavy atom. The monoisotopic (exact) mass is 379 g/mol. The Balaban J connectivity index is 1.81. The Morgan fingerprint density at radius 2 is 2.00 bits per heavy atom. The maximum atomic E-state index is 12.3. The summed E-state index contributed by atoms with van der Waals surface area (Å²) in [6, 6.07) is 10.5. The lowest BCUT2D eigenvalue weighted by Crippen LogP contribution is -2.23. The highest BCUT2D eigenvalue weighted by molar-refractivity contribution is 7.89. The van der Waals surface area contributed by atoms with E-state index >= 15 is 0 Å². The van der Waals surface area contributed by atoms with Crippen molar-refractivity contribution in [2.24, 2.45) is 0 Å². The van der Waals surface area contributed by atoms with Gasteiger partial charge < -0.3 is 0 Å². The van der Waals surface area contributed by atoms with Gasteiger partial charge in [-0.3, -0.25) is 4.98 Å². The second kappa shape index (κ2) is 6.98. The number of hydrogen-bond donors (Lipinski definition) is 1. The van der Waals surface area contributed by atoms with Gasteiger partial charge in [0.2, 0.25) is 10.0 Å². The maximum Gasteiger partial charge on any atom is 0.242 e. The number of aromatic nitrogens is 2. The van der Waals surface area contributed by atoms with Crippen molar-refractivity contribution in [3.8, 4) is 10.6 Å². The van der Waals surface area contributed by atoms with Crippen LogP contribution >= 0.6 is 22.9 Å². The normalized spacial score (nSPS) is 11.6. The van der Waals surface area contributed by atoms with Gasteiger partial charge in [0, 0.05) is 29.4 Å². The highest BCUT2D eigenvalue weighted by Crippen LogP contribution is 2.32.